The number of hydrazone groups is 1. The van der Waals surface area contributed by atoms with Crippen LogP contribution in [0.3, 0.4) is 0 Å². The van der Waals surface area contributed by atoms with Crippen molar-refractivity contribution in [2.45, 2.75) is 39.0 Å². The highest BCUT2D eigenvalue weighted by Gasteiger charge is 2.31. The molecule has 1 N–H and O–H groups in total. The molecule has 1 fully saturated rings. The van der Waals surface area contributed by atoms with Crippen molar-refractivity contribution in [2.75, 3.05) is 13.1 Å². The van der Waals surface area contributed by atoms with Gasteiger partial charge in [0.05, 0.1) is 5.71 Å². The molecule has 2 amide bonds. The fourth-order valence-electron chi connectivity index (χ4n) is 3.83. The Labute approximate surface area is 162 Å². The molecule has 4 rings (SSSR count). The van der Waals surface area contributed by atoms with Crippen molar-refractivity contribution >= 4 is 17.5 Å². The standard InChI is InChI=1S/C21H22FN3O3/c1-13-18-16(23-24-20(26)14-7-9-15(22)10-8-14)5-4-6-17(18)28-19(13)21(27)25-11-2-3-12-25/h7-10H,2-6,11-12H2,1H3,(H,24,26)/b23-16+. The van der Waals surface area contributed by atoms with Gasteiger partial charge in [0.25, 0.3) is 11.8 Å². The third-order valence-corrected chi connectivity index (χ3v) is 5.31. The molecule has 2 aromatic rings. The summed E-state index contributed by atoms with van der Waals surface area (Å²) in [6.07, 6.45) is 4.31. The van der Waals surface area contributed by atoms with Crippen LogP contribution in [0.4, 0.5) is 4.39 Å². The quantitative estimate of drug-likeness (QED) is 0.825. The number of aryl methyl sites for hydroxylation is 1. The van der Waals surface area contributed by atoms with Gasteiger partial charge in [0, 0.05) is 36.2 Å². The molecule has 1 aliphatic carbocycles. The minimum Gasteiger partial charge on any atom is -0.455 e. The Balaban J connectivity index is 1.57. The van der Waals surface area contributed by atoms with E-state index in [1.807, 2.05) is 11.8 Å². The molecule has 2 heterocycles. The first-order chi connectivity index (χ1) is 13.5. The van der Waals surface area contributed by atoms with Gasteiger partial charge >= 0.3 is 0 Å². The van der Waals surface area contributed by atoms with Gasteiger partial charge in [-0.3, -0.25) is 9.59 Å². The van der Waals surface area contributed by atoms with E-state index in [1.165, 1.54) is 24.3 Å². The second-order valence-corrected chi connectivity index (χ2v) is 7.21. The highest BCUT2D eigenvalue weighted by molar-refractivity contribution is 6.07. The van der Waals surface area contributed by atoms with Crippen LogP contribution in [0, 0.1) is 12.7 Å². The maximum Gasteiger partial charge on any atom is 0.289 e. The van der Waals surface area contributed by atoms with Crippen LogP contribution in [0.2, 0.25) is 0 Å². The van der Waals surface area contributed by atoms with Crippen molar-refractivity contribution in [1.82, 2.24) is 10.3 Å². The summed E-state index contributed by atoms with van der Waals surface area (Å²) >= 11 is 0. The molecule has 1 aliphatic heterocycles. The number of carbonyl (C=O) groups is 2. The molecule has 1 saturated heterocycles. The third-order valence-electron chi connectivity index (χ3n) is 5.31. The number of benzene rings is 1. The van der Waals surface area contributed by atoms with Crippen molar-refractivity contribution in [3.8, 4) is 0 Å². The van der Waals surface area contributed by atoms with E-state index in [4.69, 9.17) is 4.42 Å². The zero-order chi connectivity index (χ0) is 19.7. The molecule has 6 nitrogen and oxygen atoms in total. The van der Waals surface area contributed by atoms with Gasteiger partial charge in [-0.15, -0.1) is 0 Å². The Hall–Kier alpha value is -2.96. The van der Waals surface area contributed by atoms with Gasteiger partial charge in [-0.2, -0.15) is 5.10 Å². The normalized spacial score (nSPS) is 17.6. The fraction of sp³-hybridized carbons (Fsp3) is 0.381. The Morgan fingerprint density at radius 3 is 2.54 bits per heavy atom. The van der Waals surface area contributed by atoms with Crippen molar-refractivity contribution in [1.29, 1.82) is 0 Å². The molecular weight excluding hydrogens is 361 g/mol. The molecule has 146 valence electrons. The van der Waals surface area contributed by atoms with E-state index in [0.717, 1.165) is 55.7 Å². The number of rotatable bonds is 3. The van der Waals surface area contributed by atoms with Crippen LogP contribution >= 0.6 is 0 Å². The van der Waals surface area contributed by atoms with Crippen LogP contribution in [-0.2, 0) is 6.42 Å². The van der Waals surface area contributed by atoms with E-state index in [9.17, 15) is 14.0 Å². The van der Waals surface area contributed by atoms with E-state index >= 15 is 0 Å². The van der Waals surface area contributed by atoms with Crippen molar-refractivity contribution in [3.63, 3.8) is 0 Å². The van der Waals surface area contributed by atoms with Gasteiger partial charge in [0.1, 0.15) is 11.6 Å². The van der Waals surface area contributed by atoms with Crippen LogP contribution in [0.5, 0.6) is 0 Å². The molecule has 1 aromatic heterocycles. The van der Waals surface area contributed by atoms with Gasteiger partial charge in [-0.05, 0) is 56.9 Å². The summed E-state index contributed by atoms with van der Waals surface area (Å²) in [5.41, 5.74) is 5.18. The molecule has 0 radical (unpaired) electrons. The average Bonchev–Trinajstić information content (AvgIpc) is 3.35. The zero-order valence-corrected chi connectivity index (χ0v) is 15.8. The lowest BCUT2D eigenvalue weighted by molar-refractivity contribution is 0.0758. The van der Waals surface area contributed by atoms with E-state index in [-0.39, 0.29) is 5.91 Å². The first kappa shape index (κ1) is 18.4. The van der Waals surface area contributed by atoms with Crippen LogP contribution in [0.15, 0.2) is 33.8 Å². The zero-order valence-electron chi connectivity index (χ0n) is 15.8. The summed E-state index contributed by atoms with van der Waals surface area (Å²) in [7, 11) is 0. The molecule has 0 unspecified atom stereocenters. The second kappa shape index (κ2) is 7.58. The smallest absolute Gasteiger partial charge is 0.289 e. The Morgan fingerprint density at radius 2 is 1.82 bits per heavy atom. The number of fused-ring (bicyclic) bond motifs is 1. The maximum absolute atomic E-state index is 13.0. The number of furan rings is 1. The molecule has 0 bridgehead atoms. The predicted octanol–water partition coefficient (Wildman–Crippen LogP) is 3.43. The van der Waals surface area contributed by atoms with E-state index in [2.05, 4.69) is 10.5 Å². The average molecular weight is 383 g/mol. The molecular formula is C21H22FN3O3. The number of hydrogen-bond donors (Lipinski definition) is 1. The lowest BCUT2D eigenvalue weighted by atomic mass is 9.93. The maximum atomic E-state index is 13.0. The Morgan fingerprint density at radius 1 is 1.11 bits per heavy atom. The number of nitrogens with zero attached hydrogens (tertiary/aromatic N) is 2. The molecule has 1 aromatic carbocycles. The summed E-state index contributed by atoms with van der Waals surface area (Å²) in [4.78, 5) is 26.8. The largest absolute Gasteiger partial charge is 0.455 e. The minimum absolute atomic E-state index is 0.0703. The summed E-state index contributed by atoms with van der Waals surface area (Å²) in [6, 6.07) is 5.29. The first-order valence-corrected chi connectivity index (χ1v) is 9.59. The molecule has 7 heteroatoms. The lowest BCUT2D eigenvalue weighted by Crippen LogP contribution is -2.27. The number of nitrogens with one attached hydrogen (secondary N) is 1. The molecule has 28 heavy (non-hydrogen) atoms. The van der Waals surface area contributed by atoms with Gasteiger partial charge < -0.3 is 9.32 Å². The number of halogens is 1. The van der Waals surface area contributed by atoms with E-state index < -0.39 is 11.7 Å². The molecule has 0 spiro atoms. The van der Waals surface area contributed by atoms with Crippen LogP contribution < -0.4 is 5.43 Å². The first-order valence-electron chi connectivity index (χ1n) is 9.59. The highest BCUT2D eigenvalue weighted by Crippen LogP contribution is 2.31. The van der Waals surface area contributed by atoms with Gasteiger partial charge in [0.2, 0.25) is 0 Å². The fourth-order valence-corrected chi connectivity index (χ4v) is 3.83. The van der Waals surface area contributed by atoms with Crippen molar-refractivity contribution < 1.29 is 18.4 Å². The van der Waals surface area contributed by atoms with Gasteiger partial charge in [-0.1, -0.05) is 0 Å². The third kappa shape index (κ3) is 3.44. The number of carbonyl (C=O) groups excluding carboxylic acids is 2. The summed E-state index contributed by atoms with van der Waals surface area (Å²) in [5, 5.41) is 4.29. The Bertz CT molecular complexity index is 941. The van der Waals surface area contributed by atoms with Crippen LogP contribution in [0.25, 0.3) is 0 Å². The van der Waals surface area contributed by atoms with E-state index in [1.54, 1.807) is 0 Å². The highest BCUT2D eigenvalue weighted by atomic mass is 19.1. The minimum atomic E-state index is -0.408. The summed E-state index contributed by atoms with van der Waals surface area (Å²) in [6.45, 7) is 3.39. The monoisotopic (exact) mass is 383 g/mol. The van der Waals surface area contributed by atoms with Gasteiger partial charge in [0.15, 0.2) is 5.76 Å². The van der Waals surface area contributed by atoms with Crippen molar-refractivity contribution in [3.05, 3.63) is 58.3 Å². The predicted molar refractivity (Wildman–Crippen MR) is 102 cm³/mol. The van der Waals surface area contributed by atoms with Gasteiger partial charge in [-0.25, -0.2) is 9.82 Å². The number of hydrogen-bond acceptors (Lipinski definition) is 4. The topological polar surface area (TPSA) is 74.9 Å². The molecule has 0 saturated carbocycles. The van der Waals surface area contributed by atoms with Crippen LogP contribution in [-0.4, -0.2) is 35.5 Å². The lowest BCUT2D eigenvalue weighted by Gasteiger charge is -2.14. The van der Waals surface area contributed by atoms with E-state index in [0.29, 0.717) is 23.5 Å². The second-order valence-electron chi connectivity index (χ2n) is 7.21. The van der Waals surface area contributed by atoms with Crippen molar-refractivity contribution in [2.24, 2.45) is 5.10 Å². The summed E-state index contributed by atoms with van der Waals surface area (Å²) < 4.78 is 18.9. The Kier molecular flexibility index (Phi) is 4.98. The van der Waals surface area contributed by atoms with Crippen LogP contribution in [0.1, 0.15) is 63.5 Å². The molecule has 2 aliphatic rings. The number of likely N-dealkylation sites (tertiary alicyclic amines) is 1. The molecule has 0 atom stereocenters. The summed E-state index contributed by atoms with van der Waals surface area (Å²) in [5.74, 6) is 0.254. The SMILES string of the molecule is Cc1c(C(=O)N2CCCC2)oc2c1/C(=N/NC(=O)c1ccc(F)cc1)CCC2. The number of amides is 2.